The van der Waals surface area contributed by atoms with Gasteiger partial charge >= 0.3 is 5.97 Å². The van der Waals surface area contributed by atoms with Gasteiger partial charge in [-0.05, 0) is 96.3 Å². The van der Waals surface area contributed by atoms with E-state index in [0.717, 1.165) is 41.3 Å². The van der Waals surface area contributed by atoms with Crippen LogP contribution in [0.25, 0.3) is 11.1 Å². The van der Waals surface area contributed by atoms with E-state index in [-0.39, 0.29) is 0 Å². The number of hydrogen-bond acceptors (Lipinski definition) is 4. The summed E-state index contributed by atoms with van der Waals surface area (Å²) in [5, 5.41) is 12.4. The average molecular weight is 609 g/mol. The molecule has 0 bridgehead atoms. The van der Waals surface area contributed by atoms with Crippen molar-refractivity contribution >= 4 is 23.6 Å². The number of amides is 1. The van der Waals surface area contributed by atoms with Gasteiger partial charge in [0.1, 0.15) is 17.7 Å². The minimum atomic E-state index is -1.06. The number of nitrogens with one attached hydrogen (secondary N) is 1. The zero-order valence-electron chi connectivity index (χ0n) is 25.1. The Morgan fingerprint density at radius 1 is 0.953 bits per heavy atom. The number of benzene rings is 3. The molecule has 0 saturated heterocycles. The third-order valence-corrected chi connectivity index (χ3v) is 8.93. The van der Waals surface area contributed by atoms with E-state index in [1.54, 1.807) is 6.07 Å². The van der Waals surface area contributed by atoms with Gasteiger partial charge in [0.2, 0.25) is 0 Å². The van der Waals surface area contributed by atoms with E-state index in [1.807, 2.05) is 49.6 Å². The summed E-state index contributed by atoms with van der Waals surface area (Å²) < 4.78 is 28.1. The Balaban J connectivity index is 1.64. The van der Waals surface area contributed by atoms with Crippen molar-refractivity contribution in [1.82, 2.24) is 10.2 Å². The number of aryl methyl sites for hydroxylation is 1. The summed E-state index contributed by atoms with van der Waals surface area (Å²) in [7, 11) is 0. The molecular formula is C35H42F2N2O3S. The van der Waals surface area contributed by atoms with Crippen molar-refractivity contribution in [2.45, 2.75) is 71.0 Å². The molecule has 0 radical (unpaired) electrons. The molecule has 0 heterocycles. The first kappa shape index (κ1) is 32.7. The molecule has 5 nitrogen and oxygen atoms in total. The number of carbonyl (C=O) groups is 2. The molecule has 0 spiro atoms. The molecule has 2 N–H and O–H groups in total. The second-order valence-electron chi connectivity index (χ2n) is 11.6. The Morgan fingerprint density at radius 3 is 2.33 bits per heavy atom. The third kappa shape index (κ3) is 9.63. The highest BCUT2D eigenvalue weighted by Crippen LogP contribution is 2.30. The van der Waals surface area contributed by atoms with E-state index in [1.165, 1.54) is 56.0 Å². The summed E-state index contributed by atoms with van der Waals surface area (Å²) in [4.78, 5) is 27.6. The molecule has 3 aromatic rings. The second kappa shape index (κ2) is 16.0. The molecule has 4 rings (SSSR count). The zero-order valence-corrected chi connectivity index (χ0v) is 25.9. The quantitative estimate of drug-likeness (QED) is 0.195. The topological polar surface area (TPSA) is 69.6 Å². The fourth-order valence-corrected chi connectivity index (χ4v) is 6.46. The van der Waals surface area contributed by atoms with Gasteiger partial charge in [0.15, 0.2) is 0 Å². The highest BCUT2D eigenvalue weighted by atomic mass is 32.2. The summed E-state index contributed by atoms with van der Waals surface area (Å²) >= 11 is 1.53. The molecule has 1 saturated carbocycles. The maximum atomic E-state index is 14.1. The van der Waals surface area contributed by atoms with Gasteiger partial charge in [0, 0.05) is 24.7 Å². The van der Waals surface area contributed by atoms with Crippen molar-refractivity contribution in [3.05, 3.63) is 94.6 Å². The molecule has 8 heteroatoms. The molecule has 1 aliphatic carbocycles. The number of carboxylic acids is 1. The van der Waals surface area contributed by atoms with Gasteiger partial charge in [-0.2, -0.15) is 11.8 Å². The second-order valence-corrected chi connectivity index (χ2v) is 12.6. The monoisotopic (exact) mass is 608 g/mol. The van der Waals surface area contributed by atoms with Crippen LogP contribution in [0.2, 0.25) is 0 Å². The molecule has 1 amide bonds. The van der Waals surface area contributed by atoms with Crippen LogP contribution in [-0.4, -0.2) is 46.5 Å². The molecule has 0 aliphatic heterocycles. The minimum Gasteiger partial charge on any atom is -0.480 e. The predicted molar refractivity (Wildman–Crippen MR) is 170 cm³/mol. The smallest absolute Gasteiger partial charge is 0.326 e. The average Bonchev–Trinajstić information content (AvgIpc) is 2.98. The van der Waals surface area contributed by atoms with Crippen LogP contribution in [0.4, 0.5) is 8.78 Å². The van der Waals surface area contributed by atoms with Crippen LogP contribution in [0.1, 0.15) is 72.0 Å². The lowest BCUT2D eigenvalue weighted by molar-refractivity contribution is -0.139. The first-order valence-corrected chi connectivity index (χ1v) is 16.5. The van der Waals surface area contributed by atoms with E-state index in [9.17, 15) is 23.5 Å². The predicted octanol–water partition coefficient (Wildman–Crippen LogP) is 7.85. The number of carbonyl (C=O) groups excluding carboxylic acids is 1. The van der Waals surface area contributed by atoms with Crippen LogP contribution < -0.4 is 5.32 Å². The Kier molecular flexibility index (Phi) is 12.2. The Bertz CT molecular complexity index is 1370. The summed E-state index contributed by atoms with van der Waals surface area (Å²) in [6, 6.07) is 16.2. The van der Waals surface area contributed by atoms with E-state index >= 15 is 0 Å². The lowest BCUT2D eigenvalue weighted by Crippen LogP contribution is -2.41. The normalized spacial score (nSPS) is 14.5. The van der Waals surface area contributed by atoms with Crippen LogP contribution in [0.15, 0.2) is 60.7 Å². The molecule has 1 fully saturated rings. The van der Waals surface area contributed by atoms with Crippen molar-refractivity contribution in [2.75, 3.05) is 18.6 Å². The summed E-state index contributed by atoms with van der Waals surface area (Å²) in [6.07, 6.45) is 9.49. The fraction of sp³-hybridized carbons (Fsp3) is 0.429. The van der Waals surface area contributed by atoms with E-state index in [0.29, 0.717) is 42.3 Å². The van der Waals surface area contributed by atoms with Gasteiger partial charge in [-0.1, -0.05) is 62.4 Å². The molecule has 1 unspecified atom stereocenters. The SMILES string of the molecule is CSCCC(NC(=O)c1ccc(CN(CCC2CCCCC2)Cc2cc(F)cc(F)c2)cc1-c1ccccc1C)C(=O)O. The standard InChI is InChI=1S/C35H42F2N2O3S/c1-24-8-6-7-11-30(24)32-20-26(12-13-31(32)34(40)38-33(35(41)42)15-17-43-2)22-39(16-14-25-9-4-3-5-10-25)23-27-18-28(36)21-29(37)19-27/h6-8,11-13,18-21,25,33H,3-5,9-10,14-17,22-23H2,1-2H3,(H,38,40)(H,41,42). The minimum absolute atomic E-state index is 0.330. The van der Waals surface area contributed by atoms with Crippen LogP contribution in [0.3, 0.4) is 0 Å². The molecule has 43 heavy (non-hydrogen) atoms. The van der Waals surface area contributed by atoms with Gasteiger partial charge < -0.3 is 10.4 Å². The lowest BCUT2D eigenvalue weighted by atomic mass is 9.87. The van der Waals surface area contributed by atoms with Crippen molar-refractivity contribution in [3.8, 4) is 11.1 Å². The summed E-state index contributed by atoms with van der Waals surface area (Å²) in [6.45, 7) is 3.72. The molecule has 0 aromatic heterocycles. The van der Waals surface area contributed by atoms with Crippen LogP contribution >= 0.6 is 11.8 Å². The highest BCUT2D eigenvalue weighted by Gasteiger charge is 2.23. The van der Waals surface area contributed by atoms with Gasteiger partial charge in [-0.3, -0.25) is 9.69 Å². The molecule has 230 valence electrons. The molecule has 1 aliphatic rings. The van der Waals surface area contributed by atoms with Crippen molar-refractivity contribution in [1.29, 1.82) is 0 Å². The van der Waals surface area contributed by atoms with E-state index in [2.05, 4.69) is 10.2 Å². The number of aliphatic carboxylic acids is 1. The van der Waals surface area contributed by atoms with Gasteiger partial charge in [-0.25, -0.2) is 13.6 Å². The Morgan fingerprint density at radius 2 is 1.65 bits per heavy atom. The maximum absolute atomic E-state index is 14.1. The fourth-order valence-electron chi connectivity index (χ4n) is 5.99. The summed E-state index contributed by atoms with van der Waals surface area (Å²) in [5.41, 5.74) is 4.58. The molecular weight excluding hydrogens is 566 g/mol. The van der Waals surface area contributed by atoms with Crippen molar-refractivity contribution in [2.24, 2.45) is 5.92 Å². The number of halogens is 2. The molecule has 3 aromatic carbocycles. The van der Waals surface area contributed by atoms with Gasteiger partial charge in [0.05, 0.1) is 0 Å². The van der Waals surface area contributed by atoms with Crippen LogP contribution in [0, 0.1) is 24.5 Å². The van der Waals surface area contributed by atoms with E-state index in [4.69, 9.17) is 0 Å². The number of nitrogens with zero attached hydrogens (tertiary/aromatic N) is 1. The zero-order chi connectivity index (χ0) is 30.8. The maximum Gasteiger partial charge on any atom is 0.326 e. The van der Waals surface area contributed by atoms with Crippen molar-refractivity contribution < 1.29 is 23.5 Å². The third-order valence-electron chi connectivity index (χ3n) is 8.29. The van der Waals surface area contributed by atoms with Gasteiger partial charge in [0.25, 0.3) is 5.91 Å². The van der Waals surface area contributed by atoms with E-state index < -0.39 is 29.6 Å². The Hall–Kier alpha value is -3.23. The first-order valence-electron chi connectivity index (χ1n) is 15.1. The van der Waals surface area contributed by atoms with Crippen LogP contribution in [0.5, 0.6) is 0 Å². The van der Waals surface area contributed by atoms with Gasteiger partial charge in [-0.15, -0.1) is 0 Å². The van der Waals surface area contributed by atoms with Crippen LogP contribution in [-0.2, 0) is 17.9 Å². The Labute approximate surface area is 258 Å². The number of rotatable bonds is 14. The summed E-state index contributed by atoms with van der Waals surface area (Å²) in [5.74, 6) is -1.38. The van der Waals surface area contributed by atoms with Crippen molar-refractivity contribution in [3.63, 3.8) is 0 Å². The highest BCUT2D eigenvalue weighted by molar-refractivity contribution is 7.98. The first-order chi connectivity index (χ1) is 20.7. The molecule has 1 atom stereocenters. The number of thioether (sulfide) groups is 1. The largest absolute Gasteiger partial charge is 0.480 e. The number of hydrogen-bond donors (Lipinski definition) is 2. The number of carboxylic acid groups (broad SMARTS) is 1. The lowest BCUT2D eigenvalue weighted by Gasteiger charge is -2.27.